The second-order valence-electron chi connectivity index (χ2n) is 3.78. The maximum Gasteiger partial charge on any atom is 0.103 e. The molecule has 0 unspecified atom stereocenters. The molecule has 0 aliphatic rings. The molecule has 3 aromatic rings. The Morgan fingerprint density at radius 3 is 3.00 bits per heavy atom. The highest BCUT2D eigenvalue weighted by Gasteiger charge is 2.09. The molecule has 1 aromatic carbocycles. The first-order chi connectivity index (χ1) is 7.74. The van der Waals surface area contributed by atoms with Crippen molar-refractivity contribution in [3.8, 4) is 11.3 Å². The fourth-order valence-corrected chi connectivity index (χ4v) is 1.80. The van der Waals surface area contributed by atoms with Gasteiger partial charge in [-0.3, -0.25) is 9.78 Å². The highest BCUT2D eigenvalue weighted by molar-refractivity contribution is 5.94. The van der Waals surface area contributed by atoms with Gasteiger partial charge in [-0.2, -0.15) is 10.2 Å². The molecule has 0 saturated heterocycles. The summed E-state index contributed by atoms with van der Waals surface area (Å²) in [6, 6.07) is 5.72. The van der Waals surface area contributed by atoms with E-state index in [0.29, 0.717) is 0 Å². The maximum atomic E-state index is 5.71. The zero-order valence-corrected chi connectivity index (χ0v) is 8.81. The monoisotopic (exact) mass is 213 g/mol. The number of rotatable bonds is 1. The third-order valence-corrected chi connectivity index (χ3v) is 2.57. The Morgan fingerprint density at radius 1 is 1.38 bits per heavy atom. The summed E-state index contributed by atoms with van der Waals surface area (Å²) in [5.74, 6) is 0. The lowest BCUT2D eigenvalue weighted by Crippen LogP contribution is -1.84. The summed E-state index contributed by atoms with van der Waals surface area (Å²) in [5.41, 5.74) is 9.29. The van der Waals surface area contributed by atoms with Gasteiger partial charge in [-0.25, -0.2) is 0 Å². The van der Waals surface area contributed by atoms with Gasteiger partial charge in [-0.1, -0.05) is 0 Å². The van der Waals surface area contributed by atoms with Crippen molar-refractivity contribution in [3.63, 3.8) is 0 Å². The normalized spacial score (nSPS) is 11.1. The van der Waals surface area contributed by atoms with Crippen molar-refractivity contribution in [2.24, 2.45) is 7.05 Å². The first-order valence-corrected chi connectivity index (χ1v) is 4.96. The minimum Gasteiger partial charge on any atom is -0.399 e. The van der Waals surface area contributed by atoms with Crippen molar-refractivity contribution in [1.82, 2.24) is 20.0 Å². The molecule has 2 aromatic heterocycles. The number of nitrogens with one attached hydrogen (secondary N) is 1. The van der Waals surface area contributed by atoms with E-state index in [-0.39, 0.29) is 0 Å². The number of nitrogens with zero attached hydrogens (tertiary/aromatic N) is 3. The molecule has 0 radical (unpaired) electrons. The smallest absolute Gasteiger partial charge is 0.103 e. The highest BCUT2D eigenvalue weighted by atomic mass is 15.2. The number of hydrogen-bond acceptors (Lipinski definition) is 3. The van der Waals surface area contributed by atoms with Crippen LogP contribution in [0.2, 0.25) is 0 Å². The van der Waals surface area contributed by atoms with Crippen molar-refractivity contribution in [2.45, 2.75) is 0 Å². The second-order valence-corrected chi connectivity index (χ2v) is 3.78. The van der Waals surface area contributed by atoms with Crippen molar-refractivity contribution in [3.05, 3.63) is 30.6 Å². The zero-order valence-electron chi connectivity index (χ0n) is 8.81. The number of aromatic amines is 1. The molecule has 0 spiro atoms. The molecule has 0 fully saturated rings. The number of nitrogen functional groups attached to an aromatic ring is 1. The van der Waals surface area contributed by atoms with Crippen LogP contribution in [0.15, 0.2) is 30.6 Å². The van der Waals surface area contributed by atoms with E-state index in [1.165, 1.54) is 0 Å². The number of aryl methyl sites for hydroxylation is 1. The quantitative estimate of drug-likeness (QED) is 0.602. The van der Waals surface area contributed by atoms with Crippen LogP contribution in [-0.2, 0) is 7.05 Å². The van der Waals surface area contributed by atoms with E-state index in [2.05, 4.69) is 15.3 Å². The Kier molecular flexibility index (Phi) is 1.73. The SMILES string of the molecule is Cn1cc(-c2n[nH]c3cc(N)ccc23)cn1. The molecule has 0 atom stereocenters. The fraction of sp³-hybridized carbons (Fsp3) is 0.0909. The summed E-state index contributed by atoms with van der Waals surface area (Å²) in [5, 5.41) is 12.4. The van der Waals surface area contributed by atoms with Crippen molar-refractivity contribution < 1.29 is 0 Å². The molecule has 5 heteroatoms. The van der Waals surface area contributed by atoms with Gasteiger partial charge in [0, 0.05) is 29.9 Å². The molecule has 0 saturated carbocycles. The molecule has 80 valence electrons. The topological polar surface area (TPSA) is 72.5 Å². The van der Waals surface area contributed by atoms with E-state index in [4.69, 9.17) is 5.73 Å². The number of anilines is 1. The molecule has 3 rings (SSSR count). The standard InChI is InChI=1S/C11H11N5/c1-16-6-7(5-13-16)11-9-3-2-8(12)4-10(9)14-15-11/h2-6H,12H2,1H3,(H,14,15). The average Bonchev–Trinajstić information content (AvgIpc) is 2.83. The van der Waals surface area contributed by atoms with Gasteiger partial charge in [0.15, 0.2) is 0 Å². The minimum absolute atomic E-state index is 0.730. The number of aromatic nitrogens is 4. The summed E-state index contributed by atoms with van der Waals surface area (Å²) in [6.07, 6.45) is 3.73. The first kappa shape index (κ1) is 8.96. The molecule has 16 heavy (non-hydrogen) atoms. The van der Waals surface area contributed by atoms with Gasteiger partial charge in [0.2, 0.25) is 0 Å². The Morgan fingerprint density at radius 2 is 2.25 bits per heavy atom. The van der Waals surface area contributed by atoms with Crippen LogP contribution in [0, 0.1) is 0 Å². The van der Waals surface area contributed by atoms with E-state index < -0.39 is 0 Å². The van der Waals surface area contributed by atoms with Gasteiger partial charge in [-0.05, 0) is 18.2 Å². The van der Waals surface area contributed by atoms with Crippen LogP contribution in [-0.4, -0.2) is 20.0 Å². The molecule has 5 nitrogen and oxygen atoms in total. The molecule has 0 amide bonds. The Bertz CT molecular complexity index is 649. The van der Waals surface area contributed by atoms with Gasteiger partial charge < -0.3 is 5.73 Å². The zero-order chi connectivity index (χ0) is 11.1. The third kappa shape index (κ3) is 1.25. The number of benzene rings is 1. The molecular weight excluding hydrogens is 202 g/mol. The van der Waals surface area contributed by atoms with Crippen LogP contribution in [0.3, 0.4) is 0 Å². The second kappa shape index (κ2) is 3.10. The van der Waals surface area contributed by atoms with Gasteiger partial charge in [0.25, 0.3) is 0 Å². The molecular formula is C11H11N5. The number of H-pyrrole nitrogens is 1. The largest absolute Gasteiger partial charge is 0.399 e. The highest BCUT2D eigenvalue weighted by Crippen LogP contribution is 2.26. The predicted molar refractivity (Wildman–Crippen MR) is 62.7 cm³/mol. The van der Waals surface area contributed by atoms with E-state index >= 15 is 0 Å². The lowest BCUT2D eigenvalue weighted by Gasteiger charge is -1.94. The summed E-state index contributed by atoms with van der Waals surface area (Å²) >= 11 is 0. The van der Waals surface area contributed by atoms with Crippen LogP contribution in [0.4, 0.5) is 5.69 Å². The Balaban J connectivity index is 2.25. The minimum atomic E-state index is 0.730. The average molecular weight is 213 g/mol. The van der Waals surface area contributed by atoms with Crippen molar-refractivity contribution >= 4 is 16.6 Å². The summed E-state index contributed by atoms with van der Waals surface area (Å²) in [7, 11) is 1.89. The molecule has 2 heterocycles. The van der Waals surface area contributed by atoms with Crippen LogP contribution >= 0.6 is 0 Å². The molecule has 0 aliphatic carbocycles. The Hall–Kier alpha value is -2.30. The Labute approximate surface area is 91.9 Å². The number of fused-ring (bicyclic) bond motifs is 1. The van der Waals surface area contributed by atoms with E-state index in [0.717, 1.165) is 27.8 Å². The lowest BCUT2D eigenvalue weighted by molar-refractivity contribution is 0.768. The third-order valence-electron chi connectivity index (χ3n) is 2.57. The fourth-order valence-electron chi connectivity index (χ4n) is 1.80. The maximum absolute atomic E-state index is 5.71. The lowest BCUT2D eigenvalue weighted by atomic mass is 10.1. The van der Waals surface area contributed by atoms with Gasteiger partial charge in [0.05, 0.1) is 11.7 Å². The summed E-state index contributed by atoms with van der Waals surface area (Å²) in [6.45, 7) is 0. The number of hydrogen-bond donors (Lipinski definition) is 2. The van der Waals surface area contributed by atoms with Crippen LogP contribution < -0.4 is 5.73 Å². The van der Waals surface area contributed by atoms with Gasteiger partial charge in [-0.15, -0.1) is 0 Å². The van der Waals surface area contributed by atoms with E-state index in [9.17, 15) is 0 Å². The van der Waals surface area contributed by atoms with Crippen molar-refractivity contribution in [1.29, 1.82) is 0 Å². The molecule has 0 bridgehead atoms. The van der Waals surface area contributed by atoms with E-state index in [1.807, 2.05) is 31.4 Å². The van der Waals surface area contributed by atoms with Crippen LogP contribution in [0.25, 0.3) is 22.2 Å². The van der Waals surface area contributed by atoms with Crippen molar-refractivity contribution in [2.75, 3.05) is 5.73 Å². The molecule has 0 aliphatic heterocycles. The number of nitrogens with two attached hydrogens (primary N) is 1. The predicted octanol–water partition coefficient (Wildman–Crippen LogP) is 1.55. The molecule has 3 N–H and O–H groups in total. The van der Waals surface area contributed by atoms with E-state index in [1.54, 1.807) is 10.9 Å². The van der Waals surface area contributed by atoms with Gasteiger partial charge >= 0.3 is 0 Å². The first-order valence-electron chi connectivity index (χ1n) is 4.96. The van der Waals surface area contributed by atoms with Gasteiger partial charge in [0.1, 0.15) is 5.69 Å². The van der Waals surface area contributed by atoms with Crippen LogP contribution in [0.1, 0.15) is 0 Å². The summed E-state index contributed by atoms with van der Waals surface area (Å²) in [4.78, 5) is 0. The summed E-state index contributed by atoms with van der Waals surface area (Å²) < 4.78 is 1.76. The van der Waals surface area contributed by atoms with Crippen LogP contribution in [0.5, 0.6) is 0 Å².